The molecule has 0 saturated carbocycles. The topological polar surface area (TPSA) is 44.8 Å². The van der Waals surface area contributed by atoms with Gasteiger partial charge in [-0.15, -0.1) is 0 Å². The maximum atomic E-state index is 11.8. The molecule has 5 heteroatoms. The standard InChI is InChI=1S/C16H33N3O2/c1-6-19-12-8-14(9-13-19)17-10-7-11-18(5)15(20)21-16(2,3)4/h14,17H,6-13H2,1-5H3. The summed E-state index contributed by atoms with van der Waals surface area (Å²) in [5.41, 5.74) is -0.420. The molecule has 0 aromatic rings. The van der Waals surface area contributed by atoms with Gasteiger partial charge in [0.05, 0.1) is 0 Å². The van der Waals surface area contributed by atoms with Crippen LogP contribution in [-0.2, 0) is 4.74 Å². The van der Waals surface area contributed by atoms with Gasteiger partial charge >= 0.3 is 6.09 Å². The van der Waals surface area contributed by atoms with Crippen molar-refractivity contribution in [1.82, 2.24) is 15.1 Å². The first kappa shape index (κ1) is 18.2. The molecule has 1 rings (SSSR count). The average Bonchev–Trinajstić information content (AvgIpc) is 2.42. The van der Waals surface area contributed by atoms with Crippen molar-refractivity contribution >= 4 is 6.09 Å². The van der Waals surface area contributed by atoms with Gasteiger partial charge < -0.3 is 19.9 Å². The number of amides is 1. The Hall–Kier alpha value is -0.810. The summed E-state index contributed by atoms with van der Waals surface area (Å²) in [7, 11) is 1.80. The van der Waals surface area contributed by atoms with Gasteiger partial charge in [-0.1, -0.05) is 6.92 Å². The molecule has 1 amide bonds. The van der Waals surface area contributed by atoms with E-state index >= 15 is 0 Å². The molecule has 0 aromatic carbocycles. The molecule has 1 aliphatic rings. The molecular formula is C16H33N3O2. The van der Waals surface area contributed by atoms with Gasteiger partial charge in [0.2, 0.25) is 0 Å². The second kappa shape index (κ2) is 8.59. The molecule has 1 saturated heterocycles. The lowest BCUT2D eigenvalue weighted by Crippen LogP contribution is -2.43. The van der Waals surface area contributed by atoms with Crippen molar-refractivity contribution in [3.8, 4) is 0 Å². The molecule has 0 aromatic heterocycles. The number of nitrogens with one attached hydrogen (secondary N) is 1. The number of piperidine rings is 1. The fourth-order valence-corrected chi connectivity index (χ4v) is 2.51. The Morgan fingerprint density at radius 1 is 1.33 bits per heavy atom. The minimum Gasteiger partial charge on any atom is -0.444 e. The number of hydrogen-bond acceptors (Lipinski definition) is 4. The minimum atomic E-state index is -0.420. The largest absolute Gasteiger partial charge is 0.444 e. The number of likely N-dealkylation sites (tertiary alicyclic amines) is 1. The van der Waals surface area contributed by atoms with Gasteiger partial charge in [-0.2, -0.15) is 0 Å². The Labute approximate surface area is 130 Å². The molecule has 0 unspecified atom stereocenters. The Morgan fingerprint density at radius 2 is 1.95 bits per heavy atom. The highest BCUT2D eigenvalue weighted by Gasteiger charge is 2.20. The van der Waals surface area contributed by atoms with Crippen LogP contribution in [0.3, 0.4) is 0 Å². The summed E-state index contributed by atoms with van der Waals surface area (Å²) in [6, 6.07) is 0.639. The first-order valence-corrected chi connectivity index (χ1v) is 8.21. The molecule has 1 aliphatic heterocycles. The quantitative estimate of drug-likeness (QED) is 0.765. The lowest BCUT2D eigenvalue weighted by molar-refractivity contribution is 0.0297. The van der Waals surface area contributed by atoms with Gasteiger partial charge in [0.25, 0.3) is 0 Å². The Bertz CT molecular complexity index is 307. The van der Waals surface area contributed by atoms with E-state index in [1.807, 2.05) is 20.8 Å². The van der Waals surface area contributed by atoms with Gasteiger partial charge in [-0.3, -0.25) is 0 Å². The van der Waals surface area contributed by atoms with Crippen LogP contribution < -0.4 is 5.32 Å². The summed E-state index contributed by atoms with van der Waals surface area (Å²) in [6.07, 6.45) is 3.19. The maximum Gasteiger partial charge on any atom is 0.410 e. The Kier molecular flexibility index (Phi) is 7.46. The molecular weight excluding hydrogens is 266 g/mol. The Balaban J connectivity index is 2.10. The van der Waals surface area contributed by atoms with Gasteiger partial charge in [0.1, 0.15) is 5.60 Å². The van der Waals surface area contributed by atoms with Crippen molar-refractivity contribution in [2.75, 3.05) is 39.8 Å². The van der Waals surface area contributed by atoms with Gasteiger partial charge in [-0.25, -0.2) is 4.79 Å². The van der Waals surface area contributed by atoms with Crippen molar-refractivity contribution in [2.24, 2.45) is 0 Å². The molecule has 1 N–H and O–H groups in total. The summed E-state index contributed by atoms with van der Waals surface area (Å²) >= 11 is 0. The SMILES string of the molecule is CCN1CCC(NCCCN(C)C(=O)OC(C)(C)C)CC1. The number of carbonyl (C=O) groups is 1. The zero-order valence-electron chi connectivity index (χ0n) is 14.4. The van der Waals surface area contributed by atoms with Crippen LogP contribution in [0, 0.1) is 0 Å². The number of carbonyl (C=O) groups excluding carboxylic acids is 1. The van der Waals surface area contributed by atoms with Crippen LogP contribution in [0.25, 0.3) is 0 Å². The van der Waals surface area contributed by atoms with Crippen molar-refractivity contribution in [2.45, 2.75) is 58.6 Å². The van der Waals surface area contributed by atoms with E-state index < -0.39 is 5.60 Å². The normalized spacial score (nSPS) is 17.8. The molecule has 21 heavy (non-hydrogen) atoms. The van der Waals surface area contributed by atoms with Crippen LogP contribution in [0.5, 0.6) is 0 Å². The summed E-state index contributed by atoms with van der Waals surface area (Å²) in [6.45, 7) is 13.2. The van der Waals surface area contributed by atoms with Crippen molar-refractivity contribution < 1.29 is 9.53 Å². The van der Waals surface area contributed by atoms with Crippen molar-refractivity contribution in [1.29, 1.82) is 0 Å². The highest BCUT2D eigenvalue weighted by molar-refractivity contribution is 5.67. The van der Waals surface area contributed by atoms with Crippen LogP contribution in [0.1, 0.15) is 47.0 Å². The van der Waals surface area contributed by atoms with Gasteiger partial charge in [0.15, 0.2) is 0 Å². The van der Waals surface area contributed by atoms with E-state index in [0.717, 1.165) is 26.1 Å². The van der Waals surface area contributed by atoms with Crippen LogP contribution in [0.4, 0.5) is 4.79 Å². The van der Waals surface area contributed by atoms with E-state index in [9.17, 15) is 4.79 Å². The van der Waals surface area contributed by atoms with Crippen molar-refractivity contribution in [3.05, 3.63) is 0 Å². The van der Waals surface area contributed by atoms with Gasteiger partial charge in [0, 0.05) is 19.6 Å². The van der Waals surface area contributed by atoms with Crippen LogP contribution in [0.15, 0.2) is 0 Å². The highest BCUT2D eigenvalue weighted by atomic mass is 16.6. The predicted octanol–water partition coefficient (Wildman–Crippen LogP) is 2.32. The van der Waals surface area contributed by atoms with E-state index in [-0.39, 0.29) is 6.09 Å². The van der Waals surface area contributed by atoms with Gasteiger partial charge in [-0.05, 0) is 66.2 Å². The molecule has 1 heterocycles. The molecule has 0 atom stereocenters. The molecule has 1 fully saturated rings. The summed E-state index contributed by atoms with van der Waals surface area (Å²) in [5, 5.41) is 3.60. The zero-order valence-corrected chi connectivity index (χ0v) is 14.4. The van der Waals surface area contributed by atoms with E-state index in [0.29, 0.717) is 6.04 Å². The third-order valence-corrected chi connectivity index (χ3v) is 3.84. The number of rotatable bonds is 6. The summed E-state index contributed by atoms with van der Waals surface area (Å²) in [4.78, 5) is 16.0. The molecule has 0 aliphatic carbocycles. The number of hydrogen-bond donors (Lipinski definition) is 1. The number of ether oxygens (including phenoxy) is 1. The molecule has 0 radical (unpaired) electrons. The highest BCUT2D eigenvalue weighted by Crippen LogP contribution is 2.10. The third-order valence-electron chi connectivity index (χ3n) is 3.84. The van der Waals surface area contributed by atoms with E-state index in [4.69, 9.17) is 4.74 Å². The van der Waals surface area contributed by atoms with E-state index in [2.05, 4.69) is 17.1 Å². The minimum absolute atomic E-state index is 0.237. The fraction of sp³-hybridized carbons (Fsp3) is 0.938. The second-order valence-corrected chi connectivity index (χ2v) is 6.92. The second-order valence-electron chi connectivity index (χ2n) is 6.92. The summed E-state index contributed by atoms with van der Waals surface area (Å²) < 4.78 is 5.33. The smallest absolute Gasteiger partial charge is 0.410 e. The molecule has 124 valence electrons. The van der Waals surface area contributed by atoms with Crippen LogP contribution in [0.2, 0.25) is 0 Å². The first-order valence-electron chi connectivity index (χ1n) is 8.21. The molecule has 5 nitrogen and oxygen atoms in total. The number of nitrogens with zero attached hydrogens (tertiary/aromatic N) is 2. The average molecular weight is 299 g/mol. The van der Waals surface area contributed by atoms with E-state index in [1.165, 1.54) is 25.9 Å². The fourth-order valence-electron chi connectivity index (χ4n) is 2.51. The van der Waals surface area contributed by atoms with Crippen LogP contribution >= 0.6 is 0 Å². The summed E-state index contributed by atoms with van der Waals surface area (Å²) in [5.74, 6) is 0. The first-order chi connectivity index (χ1) is 9.81. The molecule has 0 spiro atoms. The lowest BCUT2D eigenvalue weighted by atomic mass is 10.1. The van der Waals surface area contributed by atoms with E-state index in [1.54, 1.807) is 11.9 Å². The predicted molar refractivity (Wildman–Crippen MR) is 86.6 cm³/mol. The Morgan fingerprint density at radius 3 is 2.48 bits per heavy atom. The molecule has 0 bridgehead atoms. The van der Waals surface area contributed by atoms with Crippen LogP contribution in [-0.4, -0.2) is 67.3 Å². The monoisotopic (exact) mass is 299 g/mol. The third kappa shape index (κ3) is 7.67. The van der Waals surface area contributed by atoms with Crippen molar-refractivity contribution in [3.63, 3.8) is 0 Å². The zero-order chi connectivity index (χ0) is 15.9. The lowest BCUT2D eigenvalue weighted by Gasteiger charge is -2.31. The maximum absolute atomic E-state index is 11.8.